The number of carbonyl (C=O) groups is 1. The minimum atomic E-state index is -1.80. The molecular formula is C18H14ClN3O3. The predicted octanol–water partition coefficient (Wildman–Crippen LogP) is 2.85. The topological polar surface area (TPSA) is 106 Å². The lowest BCUT2D eigenvalue weighted by molar-refractivity contribution is -0.135. The van der Waals surface area contributed by atoms with Gasteiger partial charge in [-0.15, -0.1) is 0 Å². The maximum absolute atomic E-state index is 12.2. The molecule has 2 aromatic carbocycles. The van der Waals surface area contributed by atoms with Gasteiger partial charge in [0.2, 0.25) is 0 Å². The van der Waals surface area contributed by atoms with Crippen LogP contribution in [0.3, 0.4) is 0 Å². The molecule has 0 saturated heterocycles. The first-order valence-electron chi connectivity index (χ1n) is 7.22. The number of hydrogen-bond acceptors (Lipinski definition) is 5. The molecule has 0 heterocycles. The van der Waals surface area contributed by atoms with E-state index in [-0.39, 0.29) is 17.2 Å². The van der Waals surface area contributed by atoms with Crippen LogP contribution >= 0.6 is 11.6 Å². The van der Waals surface area contributed by atoms with Gasteiger partial charge in [0.15, 0.2) is 5.60 Å². The summed E-state index contributed by atoms with van der Waals surface area (Å²) in [6.07, 6.45) is 0. The largest absolute Gasteiger partial charge is 0.490 e. The second kappa shape index (κ2) is 7.67. The SMILES string of the molecule is C[C@](O)(COc1ccc(C#N)cc1)C(=O)Nc1ccc([13C]#[15N])c(Cl)c1. The van der Waals surface area contributed by atoms with E-state index in [1.54, 1.807) is 24.3 Å². The number of halogens is 1. The molecule has 0 aromatic heterocycles. The zero-order valence-corrected chi connectivity index (χ0v) is 14.0. The number of aliphatic hydroxyl groups is 1. The van der Waals surface area contributed by atoms with E-state index in [4.69, 9.17) is 26.9 Å². The second-order valence-corrected chi connectivity index (χ2v) is 5.87. The predicted molar refractivity (Wildman–Crippen MR) is 92.1 cm³/mol. The standard InChI is InChI=1S/C18H14ClN3O3/c1-18(24,11-25-15-6-2-12(9-20)3-7-15)17(23)22-14-5-4-13(10-21)16(19)8-14/h2-8,24H,11H2,1H3,(H,22,23)/t18-/m0/s1/i10+1,21+1. The van der Waals surface area contributed by atoms with E-state index in [0.29, 0.717) is 17.0 Å². The van der Waals surface area contributed by atoms with Gasteiger partial charge in [0.1, 0.15) is 18.4 Å². The van der Waals surface area contributed by atoms with Crippen molar-refractivity contribution >= 4 is 23.2 Å². The summed E-state index contributed by atoms with van der Waals surface area (Å²) >= 11 is 5.91. The van der Waals surface area contributed by atoms with Crippen LogP contribution in [-0.2, 0) is 4.79 Å². The van der Waals surface area contributed by atoms with Gasteiger partial charge in [0, 0.05) is 5.69 Å². The average Bonchev–Trinajstić information content (AvgIpc) is 2.60. The Hall–Kier alpha value is -3.06. The molecule has 1 amide bonds. The maximum Gasteiger partial charge on any atom is 0.259 e. The van der Waals surface area contributed by atoms with E-state index in [2.05, 4.69) is 5.32 Å². The van der Waals surface area contributed by atoms with Gasteiger partial charge in [-0.1, -0.05) is 11.6 Å². The zero-order chi connectivity index (χ0) is 18.4. The van der Waals surface area contributed by atoms with Gasteiger partial charge < -0.3 is 15.2 Å². The number of nitrogens with zero attached hydrogens (tertiary/aromatic N) is 2. The average molecular weight is 358 g/mol. The van der Waals surface area contributed by atoms with Crippen LogP contribution in [0.5, 0.6) is 5.75 Å². The molecular weight excluding hydrogens is 344 g/mol. The summed E-state index contributed by atoms with van der Waals surface area (Å²) in [6.45, 7) is 1.03. The lowest BCUT2D eigenvalue weighted by Gasteiger charge is -2.22. The summed E-state index contributed by atoms with van der Waals surface area (Å²) < 4.78 is 5.40. The van der Waals surface area contributed by atoms with Gasteiger partial charge in [0.05, 0.1) is 22.2 Å². The molecule has 0 saturated carbocycles. The number of hydrogen-bond donors (Lipinski definition) is 2. The fourth-order valence-electron chi connectivity index (χ4n) is 1.86. The van der Waals surface area contributed by atoms with E-state index in [9.17, 15) is 9.90 Å². The lowest BCUT2D eigenvalue weighted by atomic mass is 10.1. The molecule has 0 bridgehead atoms. The number of benzene rings is 2. The summed E-state index contributed by atoms with van der Waals surface area (Å²) in [4.78, 5) is 12.2. The van der Waals surface area contributed by atoms with Crippen LogP contribution in [0.4, 0.5) is 5.69 Å². The minimum Gasteiger partial charge on any atom is -0.490 e. The summed E-state index contributed by atoms with van der Waals surface area (Å²) in [7, 11) is 0. The van der Waals surface area contributed by atoms with Crippen LogP contribution in [0.1, 0.15) is 18.1 Å². The van der Waals surface area contributed by atoms with Gasteiger partial charge in [-0.2, -0.15) is 10.5 Å². The van der Waals surface area contributed by atoms with E-state index in [1.807, 2.05) is 12.1 Å². The van der Waals surface area contributed by atoms with Crippen molar-refractivity contribution < 1.29 is 14.6 Å². The molecule has 0 spiro atoms. The van der Waals surface area contributed by atoms with Crippen molar-refractivity contribution in [2.24, 2.45) is 0 Å². The van der Waals surface area contributed by atoms with Crippen molar-refractivity contribution in [1.29, 1.82) is 10.5 Å². The number of carbonyl (C=O) groups excluding carboxylic acids is 1. The molecule has 25 heavy (non-hydrogen) atoms. The second-order valence-electron chi connectivity index (χ2n) is 5.46. The minimum absolute atomic E-state index is 0.203. The highest BCUT2D eigenvalue weighted by Gasteiger charge is 2.31. The van der Waals surface area contributed by atoms with Gasteiger partial charge in [-0.3, -0.25) is 4.79 Å². The summed E-state index contributed by atoms with van der Waals surface area (Å²) in [5.74, 6) is -0.254. The molecule has 0 aliphatic heterocycles. The third-order valence-electron chi connectivity index (χ3n) is 3.34. The molecule has 2 N–H and O–H groups in total. The molecule has 0 radical (unpaired) electrons. The third kappa shape index (κ3) is 4.71. The fraction of sp³-hybridized carbons (Fsp3) is 0.167. The quantitative estimate of drug-likeness (QED) is 0.632. The van der Waals surface area contributed by atoms with Crippen LogP contribution in [0.25, 0.3) is 0 Å². The molecule has 2 aromatic rings. The van der Waals surface area contributed by atoms with Crippen molar-refractivity contribution in [3.63, 3.8) is 0 Å². The molecule has 7 heteroatoms. The highest BCUT2D eigenvalue weighted by Crippen LogP contribution is 2.21. The van der Waals surface area contributed by atoms with Gasteiger partial charge >= 0.3 is 0 Å². The van der Waals surface area contributed by atoms with Gasteiger partial charge in [-0.25, -0.2) is 0 Å². The normalized spacial score (nSPS) is 12.4. The zero-order valence-electron chi connectivity index (χ0n) is 13.3. The number of amides is 1. The smallest absolute Gasteiger partial charge is 0.259 e. The Balaban J connectivity index is 2.00. The molecule has 0 aliphatic carbocycles. The fourth-order valence-corrected chi connectivity index (χ4v) is 2.09. The first-order valence-corrected chi connectivity index (χ1v) is 7.60. The van der Waals surface area contributed by atoms with E-state index in [1.165, 1.54) is 25.1 Å². The van der Waals surface area contributed by atoms with Gasteiger partial charge in [0.25, 0.3) is 5.91 Å². The monoisotopic (exact) mass is 357 g/mol. The van der Waals surface area contributed by atoms with Crippen molar-refractivity contribution in [3.8, 4) is 17.9 Å². The molecule has 0 aliphatic rings. The molecule has 6 nitrogen and oxygen atoms in total. The Morgan fingerprint density at radius 2 is 1.92 bits per heavy atom. The molecule has 126 valence electrons. The summed E-state index contributed by atoms with van der Waals surface area (Å²) in [6, 6.07) is 14.6. The molecule has 0 unspecified atom stereocenters. The molecule has 0 fully saturated rings. The Morgan fingerprint density at radius 3 is 2.48 bits per heavy atom. The number of nitrogens with one attached hydrogen (secondary N) is 1. The van der Waals surface area contributed by atoms with E-state index < -0.39 is 11.5 Å². The third-order valence-corrected chi connectivity index (χ3v) is 3.65. The maximum atomic E-state index is 12.2. The summed E-state index contributed by atoms with van der Waals surface area (Å²) in [5.41, 5.74) is -0.674. The molecule has 1 atom stereocenters. The summed E-state index contributed by atoms with van der Waals surface area (Å²) in [5, 5.41) is 30.6. The highest BCUT2D eigenvalue weighted by atomic mass is 35.5. The van der Waals surface area contributed by atoms with Gasteiger partial charge in [-0.05, 0) is 49.4 Å². The van der Waals surface area contributed by atoms with Crippen molar-refractivity contribution in [2.45, 2.75) is 12.5 Å². The van der Waals surface area contributed by atoms with Crippen LogP contribution in [0.15, 0.2) is 42.5 Å². The lowest BCUT2D eigenvalue weighted by Crippen LogP contribution is -2.45. The van der Waals surface area contributed by atoms with E-state index >= 15 is 0 Å². The molecule has 2 rings (SSSR count). The van der Waals surface area contributed by atoms with Crippen LogP contribution in [0, 0.1) is 22.7 Å². The first-order chi connectivity index (χ1) is 11.9. The Kier molecular flexibility index (Phi) is 5.61. The number of anilines is 1. The van der Waals surface area contributed by atoms with Crippen LogP contribution < -0.4 is 10.1 Å². The van der Waals surface area contributed by atoms with Crippen molar-refractivity contribution in [1.82, 2.24) is 0 Å². The Labute approximate surface area is 149 Å². The van der Waals surface area contributed by atoms with Crippen molar-refractivity contribution in [2.75, 3.05) is 11.9 Å². The van der Waals surface area contributed by atoms with Crippen molar-refractivity contribution in [3.05, 3.63) is 58.6 Å². The Bertz CT molecular complexity index is 865. The number of nitriles is 2. The Morgan fingerprint density at radius 1 is 1.24 bits per heavy atom. The highest BCUT2D eigenvalue weighted by molar-refractivity contribution is 6.32. The number of ether oxygens (including phenoxy) is 1. The van der Waals surface area contributed by atoms with E-state index in [0.717, 1.165) is 0 Å². The van der Waals surface area contributed by atoms with Crippen LogP contribution in [0.2, 0.25) is 5.02 Å². The number of rotatable bonds is 5. The first kappa shape index (κ1) is 18.3. The van der Waals surface area contributed by atoms with Crippen LogP contribution in [-0.4, -0.2) is 23.2 Å².